The summed E-state index contributed by atoms with van der Waals surface area (Å²) in [5.74, 6) is 0.318. The largest absolute Gasteiger partial charge is 0.494 e. The molecular formula is C18H25NO5. The van der Waals surface area contributed by atoms with E-state index in [1.807, 2.05) is 31.2 Å². The number of aliphatic carboxylic acids is 1. The molecule has 132 valence electrons. The second-order valence-corrected chi connectivity index (χ2v) is 5.87. The molecule has 24 heavy (non-hydrogen) atoms. The van der Waals surface area contributed by atoms with Crippen molar-refractivity contribution in [3.8, 4) is 11.5 Å². The van der Waals surface area contributed by atoms with Crippen molar-refractivity contribution in [1.82, 2.24) is 4.90 Å². The monoisotopic (exact) mass is 335 g/mol. The Labute approximate surface area is 142 Å². The molecule has 0 radical (unpaired) electrons. The van der Waals surface area contributed by atoms with Crippen molar-refractivity contribution in [2.45, 2.75) is 32.6 Å². The molecule has 1 heterocycles. The van der Waals surface area contributed by atoms with Gasteiger partial charge in [-0.3, -0.25) is 9.59 Å². The molecule has 2 rings (SSSR count). The lowest BCUT2D eigenvalue weighted by atomic mass is 9.98. The predicted octanol–water partition coefficient (Wildman–Crippen LogP) is 2.57. The molecule has 0 aromatic heterocycles. The van der Waals surface area contributed by atoms with Crippen molar-refractivity contribution in [3.63, 3.8) is 0 Å². The molecule has 1 unspecified atom stereocenters. The second kappa shape index (κ2) is 9.15. The maximum atomic E-state index is 12.2. The summed E-state index contributed by atoms with van der Waals surface area (Å²) in [5.41, 5.74) is 0. The summed E-state index contributed by atoms with van der Waals surface area (Å²) in [4.78, 5) is 24.9. The van der Waals surface area contributed by atoms with E-state index >= 15 is 0 Å². The Morgan fingerprint density at radius 1 is 1.21 bits per heavy atom. The molecule has 1 aromatic carbocycles. The normalized spacial score (nSPS) is 17.4. The van der Waals surface area contributed by atoms with Crippen LogP contribution in [0.25, 0.3) is 0 Å². The number of ether oxygens (including phenoxy) is 2. The van der Waals surface area contributed by atoms with E-state index in [4.69, 9.17) is 14.6 Å². The molecule has 0 aliphatic carbocycles. The fraction of sp³-hybridized carbons (Fsp3) is 0.556. The van der Waals surface area contributed by atoms with Crippen molar-refractivity contribution in [2.75, 3.05) is 26.3 Å². The molecule has 0 spiro atoms. The van der Waals surface area contributed by atoms with Crippen molar-refractivity contribution in [1.29, 1.82) is 0 Å². The maximum Gasteiger partial charge on any atom is 0.308 e. The quantitative estimate of drug-likeness (QED) is 0.739. The predicted molar refractivity (Wildman–Crippen MR) is 89.3 cm³/mol. The highest BCUT2D eigenvalue weighted by Gasteiger charge is 2.27. The third-order valence-electron chi connectivity index (χ3n) is 4.06. The molecule has 0 saturated carbocycles. The lowest BCUT2D eigenvalue weighted by Crippen LogP contribution is -2.42. The average molecular weight is 335 g/mol. The van der Waals surface area contributed by atoms with Gasteiger partial charge >= 0.3 is 5.97 Å². The van der Waals surface area contributed by atoms with Gasteiger partial charge in [-0.25, -0.2) is 0 Å². The first-order valence-corrected chi connectivity index (χ1v) is 8.46. The van der Waals surface area contributed by atoms with E-state index in [0.29, 0.717) is 45.6 Å². The van der Waals surface area contributed by atoms with Crippen LogP contribution < -0.4 is 9.47 Å². The number of nitrogens with zero attached hydrogens (tertiary/aromatic N) is 1. The number of carboxylic acid groups (broad SMARTS) is 1. The Morgan fingerprint density at radius 2 is 1.88 bits per heavy atom. The molecule has 1 aromatic rings. The van der Waals surface area contributed by atoms with Crippen LogP contribution in [-0.2, 0) is 9.59 Å². The van der Waals surface area contributed by atoms with Crippen molar-refractivity contribution in [2.24, 2.45) is 5.92 Å². The minimum atomic E-state index is -0.814. The van der Waals surface area contributed by atoms with Crippen LogP contribution in [0.15, 0.2) is 24.3 Å². The van der Waals surface area contributed by atoms with Crippen LogP contribution in [0.1, 0.15) is 32.6 Å². The van der Waals surface area contributed by atoms with E-state index in [1.54, 1.807) is 4.90 Å². The van der Waals surface area contributed by atoms with Crippen LogP contribution in [0, 0.1) is 5.92 Å². The second-order valence-electron chi connectivity index (χ2n) is 5.87. The highest BCUT2D eigenvalue weighted by atomic mass is 16.5. The van der Waals surface area contributed by atoms with Gasteiger partial charge in [0.15, 0.2) is 0 Å². The van der Waals surface area contributed by atoms with Gasteiger partial charge in [-0.15, -0.1) is 0 Å². The summed E-state index contributed by atoms with van der Waals surface area (Å²) < 4.78 is 11.0. The third-order valence-corrected chi connectivity index (χ3v) is 4.06. The third kappa shape index (κ3) is 5.44. The van der Waals surface area contributed by atoms with Crippen molar-refractivity contribution < 1.29 is 24.2 Å². The highest BCUT2D eigenvalue weighted by molar-refractivity contribution is 5.78. The fourth-order valence-corrected chi connectivity index (χ4v) is 2.78. The Balaban J connectivity index is 1.68. The summed E-state index contributed by atoms with van der Waals surface area (Å²) >= 11 is 0. The SMILES string of the molecule is CCOc1ccc(OCCCC(=O)N2CCCC(C(=O)O)C2)cc1. The minimum absolute atomic E-state index is 0.0104. The van der Waals surface area contributed by atoms with Gasteiger partial charge in [0.2, 0.25) is 5.91 Å². The van der Waals surface area contributed by atoms with Gasteiger partial charge < -0.3 is 19.5 Å². The molecule has 1 aliphatic rings. The zero-order chi connectivity index (χ0) is 17.4. The summed E-state index contributed by atoms with van der Waals surface area (Å²) in [5, 5.41) is 9.06. The Hall–Kier alpha value is -2.24. The maximum absolute atomic E-state index is 12.2. The molecule has 6 nitrogen and oxygen atoms in total. The highest BCUT2D eigenvalue weighted by Crippen LogP contribution is 2.19. The fourth-order valence-electron chi connectivity index (χ4n) is 2.78. The number of rotatable bonds is 8. The van der Waals surface area contributed by atoms with Crippen LogP contribution in [0.3, 0.4) is 0 Å². The molecule has 1 N–H and O–H groups in total. The van der Waals surface area contributed by atoms with E-state index in [0.717, 1.165) is 17.9 Å². The molecule has 1 amide bonds. The first-order valence-electron chi connectivity index (χ1n) is 8.46. The first kappa shape index (κ1) is 18.1. The van der Waals surface area contributed by atoms with Crippen LogP contribution in [0.2, 0.25) is 0 Å². The Bertz CT molecular complexity index is 543. The van der Waals surface area contributed by atoms with Crippen LogP contribution in [0.4, 0.5) is 0 Å². The van der Waals surface area contributed by atoms with Crippen LogP contribution in [0.5, 0.6) is 11.5 Å². The number of likely N-dealkylation sites (tertiary alicyclic amines) is 1. The van der Waals surface area contributed by atoms with Crippen LogP contribution >= 0.6 is 0 Å². The van der Waals surface area contributed by atoms with Gasteiger partial charge in [-0.05, 0) is 50.5 Å². The summed E-state index contributed by atoms with van der Waals surface area (Å²) in [7, 11) is 0. The molecular weight excluding hydrogens is 310 g/mol. The molecule has 1 saturated heterocycles. The summed E-state index contributed by atoms with van der Waals surface area (Å²) in [6, 6.07) is 7.39. The van der Waals surface area contributed by atoms with Crippen molar-refractivity contribution >= 4 is 11.9 Å². The first-order chi connectivity index (χ1) is 11.6. The standard InChI is InChI=1S/C18H25NO5/c1-2-23-15-7-9-16(10-8-15)24-12-4-6-17(20)19-11-3-5-14(13-19)18(21)22/h7-10,14H,2-6,11-13H2,1H3,(H,21,22). The number of carboxylic acids is 1. The zero-order valence-electron chi connectivity index (χ0n) is 14.1. The smallest absolute Gasteiger partial charge is 0.308 e. The number of hydrogen-bond acceptors (Lipinski definition) is 4. The average Bonchev–Trinajstić information content (AvgIpc) is 2.60. The molecule has 6 heteroatoms. The van der Waals surface area contributed by atoms with E-state index < -0.39 is 11.9 Å². The van der Waals surface area contributed by atoms with Crippen LogP contribution in [-0.4, -0.2) is 48.2 Å². The van der Waals surface area contributed by atoms with Gasteiger partial charge in [0.25, 0.3) is 0 Å². The zero-order valence-corrected chi connectivity index (χ0v) is 14.1. The lowest BCUT2D eigenvalue weighted by Gasteiger charge is -2.30. The molecule has 1 fully saturated rings. The van der Waals surface area contributed by atoms with Gasteiger partial charge in [0.05, 0.1) is 19.1 Å². The van der Waals surface area contributed by atoms with E-state index in [2.05, 4.69) is 0 Å². The molecule has 1 aliphatic heterocycles. The minimum Gasteiger partial charge on any atom is -0.494 e. The Morgan fingerprint density at radius 3 is 2.50 bits per heavy atom. The number of carbonyl (C=O) groups excluding carboxylic acids is 1. The number of piperidine rings is 1. The van der Waals surface area contributed by atoms with E-state index in [-0.39, 0.29) is 5.91 Å². The number of amides is 1. The topological polar surface area (TPSA) is 76.1 Å². The van der Waals surface area contributed by atoms with Crippen molar-refractivity contribution in [3.05, 3.63) is 24.3 Å². The summed E-state index contributed by atoms with van der Waals surface area (Å²) in [6.45, 7) is 4.00. The summed E-state index contributed by atoms with van der Waals surface area (Å²) in [6.07, 6.45) is 2.40. The van der Waals surface area contributed by atoms with Gasteiger partial charge in [0, 0.05) is 19.5 Å². The van der Waals surface area contributed by atoms with E-state index in [9.17, 15) is 9.59 Å². The van der Waals surface area contributed by atoms with Gasteiger partial charge in [-0.2, -0.15) is 0 Å². The lowest BCUT2D eigenvalue weighted by molar-refractivity contribution is -0.145. The van der Waals surface area contributed by atoms with Gasteiger partial charge in [-0.1, -0.05) is 0 Å². The number of carbonyl (C=O) groups is 2. The number of benzene rings is 1. The molecule has 0 bridgehead atoms. The number of hydrogen-bond donors (Lipinski definition) is 1. The Kier molecular flexibility index (Phi) is 6.90. The molecule has 1 atom stereocenters. The van der Waals surface area contributed by atoms with E-state index in [1.165, 1.54) is 0 Å². The van der Waals surface area contributed by atoms with Gasteiger partial charge in [0.1, 0.15) is 11.5 Å².